The summed E-state index contributed by atoms with van der Waals surface area (Å²) >= 11 is 5.63. The van der Waals surface area contributed by atoms with E-state index < -0.39 is 11.7 Å². The highest BCUT2D eigenvalue weighted by molar-refractivity contribution is 6.32. The minimum Gasteiger partial charge on any atom is -0.506 e. The molecule has 2 rings (SSSR count). The number of benzene rings is 1. The van der Waals surface area contributed by atoms with E-state index in [4.69, 9.17) is 11.6 Å². The molecule has 1 atom stereocenters. The lowest BCUT2D eigenvalue weighted by molar-refractivity contribution is -0.137. The second kappa shape index (κ2) is 4.38. The number of hydrogen-bond donors (Lipinski definition) is 2. The standard InChI is InChI=1S/C11H11ClF3NO/c12-8-5-6(11(13,14)15)4-7(10(8)17)9-2-1-3-16-9/h4-5,9,16-17H,1-3H2. The van der Waals surface area contributed by atoms with Crippen molar-refractivity contribution < 1.29 is 18.3 Å². The van der Waals surface area contributed by atoms with Crippen LogP contribution in [0.25, 0.3) is 0 Å². The lowest BCUT2D eigenvalue weighted by atomic mass is 10.0. The molecule has 17 heavy (non-hydrogen) atoms. The Morgan fingerprint density at radius 3 is 2.59 bits per heavy atom. The quantitative estimate of drug-likeness (QED) is 0.815. The van der Waals surface area contributed by atoms with Gasteiger partial charge < -0.3 is 10.4 Å². The molecular formula is C11H11ClF3NO. The average Bonchev–Trinajstić information content (AvgIpc) is 2.73. The van der Waals surface area contributed by atoms with Crippen LogP contribution in [0.15, 0.2) is 12.1 Å². The molecule has 94 valence electrons. The number of phenolic OH excluding ortho intramolecular Hbond substituents is 1. The number of nitrogens with one attached hydrogen (secondary N) is 1. The van der Waals surface area contributed by atoms with Crippen molar-refractivity contribution in [3.63, 3.8) is 0 Å². The summed E-state index contributed by atoms with van der Waals surface area (Å²) in [7, 11) is 0. The zero-order valence-corrected chi connectivity index (χ0v) is 9.57. The zero-order chi connectivity index (χ0) is 12.6. The van der Waals surface area contributed by atoms with Gasteiger partial charge in [0.05, 0.1) is 10.6 Å². The molecule has 0 saturated carbocycles. The first kappa shape index (κ1) is 12.5. The fourth-order valence-electron chi connectivity index (χ4n) is 2.00. The number of alkyl halides is 3. The fourth-order valence-corrected chi connectivity index (χ4v) is 2.23. The van der Waals surface area contributed by atoms with Crippen LogP contribution in [0.2, 0.25) is 5.02 Å². The second-order valence-electron chi connectivity index (χ2n) is 4.04. The van der Waals surface area contributed by atoms with Crippen LogP contribution in [0.3, 0.4) is 0 Å². The maximum absolute atomic E-state index is 12.6. The predicted molar refractivity (Wildman–Crippen MR) is 58.1 cm³/mol. The Bertz CT molecular complexity index is 427. The molecule has 0 bridgehead atoms. The Morgan fingerprint density at radius 1 is 1.35 bits per heavy atom. The van der Waals surface area contributed by atoms with Gasteiger partial charge in [0.2, 0.25) is 0 Å². The molecule has 1 saturated heterocycles. The molecule has 0 aliphatic carbocycles. The number of hydrogen-bond acceptors (Lipinski definition) is 2. The van der Waals surface area contributed by atoms with E-state index in [9.17, 15) is 18.3 Å². The molecule has 1 unspecified atom stereocenters. The molecular weight excluding hydrogens is 255 g/mol. The molecule has 0 aromatic heterocycles. The number of aromatic hydroxyl groups is 1. The third-order valence-electron chi connectivity index (χ3n) is 2.86. The third-order valence-corrected chi connectivity index (χ3v) is 3.14. The first-order valence-electron chi connectivity index (χ1n) is 5.22. The van der Waals surface area contributed by atoms with Crippen LogP contribution in [0.1, 0.15) is 30.0 Å². The van der Waals surface area contributed by atoms with Crippen LogP contribution >= 0.6 is 11.6 Å². The van der Waals surface area contributed by atoms with Crippen LogP contribution in [-0.4, -0.2) is 11.7 Å². The van der Waals surface area contributed by atoms with Gasteiger partial charge in [0.25, 0.3) is 0 Å². The Labute approximate surface area is 101 Å². The number of halogens is 4. The van der Waals surface area contributed by atoms with E-state index in [0.717, 1.165) is 25.1 Å². The first-order chi connectivity index (χ1) is 7.89. The van der Waals surface area contributed by atoms with Gasteiger partial charge in [-0.1, -0.05) is 11.6 Å². The van der Waals surface area contributed by atoms with E-state index in [1.807, 2.05) is 0 Å². The van der Waals surface area contributed by atoms with E-state index >= 15 is 0 Å². The maximum Gasteiger partial charge on any atom is 0.416 e. The Hall–Kier alpha value is -0.940. The zero-order valence-electron chi connectivity index (χ0n) is 8.81. The highest BCUT2D eigenvalue weighted by atomic mass is 35.5. The maximum atomic E-state index is 12.6. The Kier molecular flexibility index (Phi) is 3.23. The molecule has 2 N–H and O–H groups in total. The molecule has 1 aliphatic rings. The van der Waals surface area contributed by atoms with Crippen molar-refractivity contribution in [2.24, 2.45) is 0 Å². The summed E-state index contributed by atoms with van der Waals surface area (Å²) in [6.07, 6.45) is -2.88. The third kappa shape index (κ3) is 2.50. The summed E-state index contributed by atoms with van der Waals surface area (Å²) < 4.78 is 37.8. The largest absolute Gasteiger partial charge is 0.506 e. The molecule has 1 aliphatic heterocycles. The van der Waals surface area contributed by atoms with E-state index in [0.29, 0.717) is 6.42 Å². The number of rotatable bonds is 1. The highest BCUT2D eigenvalue weighted by Gasteiger charge is 2.33. The van der Waals surface area contributed by atoms with Crippen molar-refractivity contribution in [1.82, 2.24) is 5.32 Å². The summed E-state index contributed by atoms with van der Waals surface area (Å²) in [5, 5.41) is 12.5. The molecule has 6 heteroatoms. The molecule has 0 amide bonds. The van der Waals surface area contributed by atoms with Crippen LogP contribution in [0.5, 0.6) is 5.75 Å². The van der Waals surface area contributed by atoms with Gasteiger partial charge in [-0.05, 0) is 31.5 Å². The summed E-state index contributed by atoms with van der Waals surface area (Å²) in [5.74, 6) is -0.265. The smallest absolute Gasteiger partial charge is 0.416 e. The molecule has 0 spiro atoms. The lowest BCUT2D eigenvalue weighted by Gasteiger charge is -2.16. The minimum absolute atomic E-state index is 0.224. The van der Waals surface area contributed by atoms with Crippen LogP contribution in [0.4, 0.5) is 13.2 Å². The first-order valence-corrected chi connectivity index (χ1v) is 5.60. The van der Waals surface area contributed by atoms with Crippen molar-refractivity contribution >= 4 is 11.6 Å². The van der Waals surface area contributed by atoms with Crippen molar-refractivity contribution in [1.29, 1.82) is 0 Å². The topological polar surface area (TPSA) is 32.3 Å². The Balaban J connectivity index is 2.46. The van der Waals surface area contributed by atoms with Crippen molar-refractivity contribution in [2.75, 3.05) is 6.54 Å². The van der Waals surface area contributed by atoms with Gasteiger partial charge in [-0.2, -0.15) is 13.2 Å². The van der Waals surface area contributed by atoms with E-state index in [2.05, 4.69) is 5.32 Å². The van der Waals surface area contributed by atoms with Crippen molar-refractivity contribution in [2.45, 2.75) is 25.1 Å². The molecule has 1 fully saturated rings. The van der Waals surface area contributed by atoms with Crippen LogP contribution in [0, 0.1) is 0 Å². The highest BCUT2D eigenvalue weighted by Crippen LogP contribution is 2.40. The van der Waals surface area contributed by atoms with Gasteiger partial charge in [-0.25, -0.2) is 0 Å². The SMILES string of the molecule is Oc1c(Cl)cc(C(F)(F)F)cc1C1CCCN1. The Morgan fingerprint density at radius 2 is 2.06 bits per heavy atom. The molecule has 1 aromatic carbocycles. The molecule has 1 aromatic rings. The minimum atomic E-state index is -4.45. The summed E-state index contributed by atoms with van der Waals surface area (Å²) in [6.45, 7) is 0.734. The normalized spacial score (nSPS) is 20.8. The van der Waals surface area contributed by atoms with Gasteiger partial charge in [-0.3, -0.25) is 0 Å². The summed E-state index contributed by atoms with van der Waals surface area (Å²) in [4.78, 5) is 0. The molecule has 0 radical (unpaired) electrons. The van der Waals surface area contributed by atoms with Gasteiger partial charge in [0.15, 0.2) is 0 Å². The van der Waals surface area contributed by atoms with Gasteiger partial charge >= 0.3 is 6.18 Å². The van der Waals surface area contributed by atoms with E-state index in [1.54, 1.807) is 0 Å². The van der Waals surface area contributed by atoms with E-state index in [-0.39, 0.29) is 22.4 Å². The molecule has 1 heterocycles. The fraction of sp³-hybridized carbons (Fsp3) is 0.455. The van der Waals surface area contributed by atoms with E-state index in [1.165, 1.54) is 0 Å². The predicted octanol–water partition coefficient (Wildman–Crippen LogP) is 3.49. The second-order valence-corrected chi connectivity index (χ2v) is 4.45. The lowest BCUT2D eigenvalue weighted by Crippen LogP contribution is -2.14. The van der Waals surface area contributed by atoms with Crippen LogP contribution < -0.4 is 5.32 Å². The monoisotopic (exact) mass is 265 g/mol. The van der Waals surface area contributed by atoms with Gasteiger partial charge in [-0.15, -0.1) is 0 Å². The molecule has 2 nitrogen and oxygen atoms in total. The number of phenols is 1. The van der Waals surface area contributed by atoms with Crippen molar-refractivity contribution in [3.05, 3.63) is 28.3 Å². The average molecular weight is 266 g/mol. The summed E-state index contributed by atoms with van der Waals surface area (Å²) in [6, 6.07) is 1.45. The van der Waals surface area contributed by atoms with Crippen molar-refractivity contribution in [3.8, 4) is 5.75 Å². The van der Waals surface area contributed by atoms with Crippen LogP contribution in [-0.2, 0) is 6.18 Å². The summed E-state index contributed by atoms with van der Waals surface area (Å²) in [5.41, 5.74) is -0.605. The van der Waals surface area contributed by atoms with Gasteiger partial charge in [0.1, 0.15) is 5.75 Å². The van der Waals surface area contributed by atoms with Gasteiger partial charge in [0, 0.05) is 11.6 Å².